The SMILES string of the molecule is CCOC(=O)C12CCC(NN)(CC1)CC2.Cl. The second-order valence-electron chi connectivity index (χ2n) is 4.93. The Kier molecular flexibility index (Phi) is 4.21. The molecule has 5 heteroatoms. The van der Waals surface area contributed by atoms with Crippen molar-refractivity contribution in [3.63, 3.8) is 0 Å². The number of esters is 1. The third-order valence-corrected chi connectivity index (χ3v) is 4.26. The van der Waals surface area contributed by atoms with Crippen LogP contribution < -0.4 is 11.3 Å². The fourth-order valence-electron chi connectivity index (χ4n) is 2.99. The van der Waals surface area contributed by atoms with Crippen LogP contribution in [0, 0.1) is 5.41 Å². The van der Waals surface area contributed by atoms with Gasteiger partial charge in [-0.1, -0.05) is 0 Å². The van der Waals surface area contributed by atoms with Crippen LogP contribution in [0.25, 0.3) is 0 Å². The molecule has 3 aliphatic rings. The summed E-state index contributed by atoms with van der Waals surface area (Å²) in [5.74, 6) is 5.59. The molecule has 3 aliphatic carbocycles. The van der Waals surface area contributed by atoms with Crippen LogP contribution in [0.4, 0.5) is 0 Å². The molecule has 2 bridgehead atoms. The van der Waals surface area contributed by atoms with Gasteiger partial charge >= 0.3 is 5.97 Å². The number of nitrogens with two attached hydrogens (primary N) is 1. The second-order valence-corrected chi connectivity index (χ2v) is 4.93. The first-order chi connectivity index (χ1) is 7.16. The molecule has 0 heterocycles. The number of hydrazine groups is 1. The van der Waals surface area contributed by atoms with Gasteiger partial charge in [-0.05, 0) is 45.4 Å². The molecule has 3 fully saturated rings. The summed E-state index contributed by atoms with van der Waals surface area (Å²) in [7, 11) is 0. The Morgan fingerprint density at radius 1 is 1.25 bits per heavy atom. The highest BCUT2D eigenvalue weighted by Crippen LogP contribution is 2.52. The zero-order valence-electron chi connectivity index (χ0n) is 9.75. The zero-order chi connectivity index (χ0) is 10.9. The van der Waals surface area contributed by atoms with E-state index in [4.69, 9.17) is 10.6 Å². The number of carbonyl (C=O) groups is 1. The minimum Gasteiger partial charge on any atom is -0.466 e. The number of carbonyl (C=O) groups excluding carboxylic acids is 1. The van der Waals surface area contributed by atoms with Gasteiger partial charge in [0.05, 0.1) is 12.0 Å². The van der Waals surface area contributed by atoms with Crippen LogP contribution in [-0.4, -0.2) is 18.1 Å². The van der Waals surface area contributed by atoms with Crippen molar-refractivity contribution in [1.29, 1.82) is 0 Å². The molecule has 16 heavy (non-hydrogen) atoms. The van der Waals surface area contributed by atoms with E-state index in [1.165, 1.54) is 0 Å². The smallest absolute Gasteiger partial charge is 0.312 e. The largest absolute Gasteiger partial charge is 0.466 e. The van der Waals surface area contributed by atoms with Crippen molar-refractivity contribution in [2.24, 2.45) is 11.3 Å². The van der Waals surface area contributed by atoms with Gasteiger partial charge in [-0.15, -0.1) is 12.4 Å². The lowest BCUT2D eigenvalue weighted by molar-refractivity contribution is -0.163. The Labute approximate surface area is 103 Å². The second kappa shape index (κ2) is 4.90. The summed E-state index contributed by atoms with van der Waals surface area (Å²) >= 11 is 0. The van der Waals surface area contributed by atoms with Gasteiger partial charge in [0.2, 0.25) is 0 Å². The van der Waals surface area contributed by atoms with Crippen molar-refractivity contribution < 1.29 is 9.53 Å². The fraction of sp³-hybridized carbons (Fsp3) is 0.909. The minimum atomic E-state index is -0.186. The molecule has 0 aromatic heterocycles. The molecule has 0 aliphatic heterocycles. The maximum Gasteiger partial charge on any atom is 0.312 e. The average Bonchev–Trinajstić information content (AvgIpc) is 2.32. The lowest BCUT2D eigenvalue weighted by Gasteiger charge is -2.51. The number of rotatable bonds is 3. The van der Waals surface area contributed by atoms with Gasteiger partial charge in [-0.25, -0.2) is 0 Å². The number of ether oxygens (including phenoxy) is 1. The molecule has 0 radical (unpaired) electrons. The third-order valence-electron chi connectivity index (χ3n) is 4.26. The van der Waals surface area contributed by atoms with Crippen molar-refractivity contribution in [2.75, 3.05) is 6.61 Å². The highest BCUT2D eigenvalue weighted by Gasteiger charge is 2.52. The van der Waals surface area contributed by atoms with Gasteiger partial charge in [0.25, 0.3) is 0 Å². The van der Waals surface area contributed by atoms with E-state index in [1.54, 1.807) is 0 Å². The van der Waals surface area contributed by atoms with E-state index in [-0.39, 0.29) is 29.3 Å². The van der Waals surface area contributed by atoms with Crippen LogP contribution >= 0.6 is 12.4 Å². The van der Waals surface area contributed by atoms with E-state index in [1.807, 2.05) is 6.92 Å². The molecule has 3 rings (SSSR count). The topological polar surface area (TPSA) is 64.3 Å². The molecule has 94 valence electrons. The third kappa shape index (κ3) is 2.06. The molecule has 0 aromatic carbocycles. The number of hydrogen-bond donors (Lipinski definition) is 2. The van der Waals surface area contributed by atoms with Crippen LogP contribution in [-0.2, 0) is 9.53 Å². The monoisotopic (exact) mass is 248 g/mol. The summed E-state index contributed by atoms with van der Waals surface area (Å²) in [6, 6.07) is 0. The van der Waals surface area contributed by atoms with Crippen molar-refractivity contribution in [3.05, 3.63) is 0 Å². The highest BCUT2D eigenvalue weighted by atomic mass is 35.5. The number of fused-ring (bicyclic) bond motifs is 3. The summed E-state index contributed by atoms with van der Waals surface area (Å²) < 4.78 is 5.18. The van der Waals surface area contributed by atoms with E-state index in [9.17, 15) is 4.79 Å². The highest BCUT2D eigenvalue weighted by molar-refractivity contribution is 5.85. The molecular weight excluding hydrogens is 228 g/mol. The maximum absolute atomic E-state index is 11.9. The summed E-state index contributed by atoms with van der Waals surface area (Å²) in [6.07, 6.45) is 5.79. The van der Waals surface area contributed by atoms with Gasteiger partial charge in [0.15, 0.2) is 0 Å². The quantitative estimate of drug-likeness (QED) is 0.452. The summed E-state index contributed by atoms with van der Waals surface area (Å²) in [4.78, 5) is 11.9. The maximum atomic E-state index is 11.9. The van der Waals surface area contributed by atoms with Crippen molar-refractivity contribution >= 4 is 18.4 Å². The molecule has 0 aromatic rings. The molecule has 3 saturated carbocycles. The van der Waals surface area contributed by atoms with E-state index < -0.39 is 0 Å². The van der Waals surface area contributed by atoms with Crippen LogP contribution in [0.1, 0.15) is 45.4 Å². The van der Waals surface area contributed by atoms with Crippen LogP contribution in [0.3, 0.4) is 0 Å². The predicted octanol–water partition coefficient (Wildman–Crippen LogP) is 1.53. The molecule has 3 N–H and O–H groups in total. The van der Waals surface area contributed by atoms with Crippen molar-refractivity contribution in [2.45, 2.75) is 51.0 Å². The lowest BCUT2D eigenvalue weighted by Crippen LogP contribution is -2.59. The molecule has 0 atom stereocenters. The van der Waals surface area contributed by atoms with E-state index in [0.717, 1.165) is 38.5 Å². The normalized spacial score (nSPS) is 36.6. The average molecular weight is 249 g/mol. The summed E-state index contributed by atoms with van der Waals surface area (Å²) in [5, 5.41) is 0. The van der Waals surface area contributed by atoms with Crippen molar-refractivity contribution in [3.8, 4) is 0 Å². The van der Waals surface area contributed by atoms with E-state index in [2.05, 4.69) is 5.43 Å². The number of nitrogens with one attached hydrogen (secondary N) is 1. The van der Waals surface area contributed by atoms with Gasteiger partial charge in [0.1, 0.15) is 0 Å². The van der Waals surface area contributed by atoms with Gasteiger partial charge in [0, 0.05) is 5.54 Å². The first-order valence-electron chi connectivity index (χ1n) is 5.81. The first kappa shape index (κ1) is 13.7. The standard InChI is InChI=1S/C11H20N2O2.ClH/c1-2-15-9(14)10-3-6-11(13-12,7-4-10)8-5-10;/h13H,2-8,12H2,1H3;1H. The molecule has 0 unspecified atom stereocenters. The lowest BCUT2D eigenvalue weighted by atomic mass is 9.57. The van der Waals surface area contributed by atoms with Gasteiger partial charge in [-0.3, -0.25) is 16.1 Å². The zero-order valence-corrected chi connectivity index (χ0v) is 10.6. The summed E-state index contributed by atoms with van der Waals surface area (Å²) in [5.41, 5.74) is 2.86. The first-order valence-corrected chi connectivity index (χ1v) is 5.81. The Morgan fingerprint density at radius 2 is 1.75 bits per heavy atom. The summed E-state index contributed by atoms with van der Waals surface area (Å²) in [6.45, 7) is 2.35. The van der Waals surface area contributed by atoms with Gasteiger partial charge in [-0.2, -0.15) is 0 Å². The molecule has 0 spiro atoms. The van der Waals surface area contributed by atoms with Crippen molar-refractivity contribution in [1.82, 2.24) is 5.43 Å². The fourth-order valence-corrected chi connectivity index (χ4v) is 2.99. The van der Waals surface area contributed by atoms with Crippen LogP contribution in [0.2, 0.25) is 0 Å². The Hall–Kier alpha value is -0.320. The number of hydrogen-bond acceptors (Lipinski definition) is 4. The number of halogens is 1. The molecule has 0 saturated heterocycles. The minimum absolute atomic E-state index is 0. The van der Waals surface area contributed by atoms with E-state index in [0.29, 0.717) is 6.61 Å². The van der Waals surface area contributed by atoms with Crippen LogP contribution in [0.15, 0.2) is 0 Å². The van der Waals surface area contributed by atoms with E-state index >= 15 is 0 Å². The van der Waals surface area contributed by atoms with Gasteiger partial charge < -0.3 is 4.74 Å². The Morgan fingerprint density at radius 3 is 2.12 bits per heavy atom. The Bertz CT molecular complexity index is 246. The molecular formula is C11H21ClN2O2. The van der Waals surface area contributed by atoms with Crippen LogP contribution in [0.5, 0.6) is 0 Å². The Balaban J connectivity index is 0.00000128. The molecule has 4 nitrogen and oxygen atoms in total. The predicted molar refractivity (Wildman–Crippen MR) is 64.1 cm³/mol. The molecule has 0 amide bonds.